The van der Waals surface area contributed by atoms with Gasteiger partial charge in [0.25, 0.3) is 0 Å². The first-order chi connectivity index (χ1) is 12.5. The number of rotatable bonds is 5. The molecule has 0 spiro atoms. The molecule has 2 aromatic rings. The predicted octanol–water partition coefficient (Wildman–Crippen LogP) is 1.04. The number of nitrogens with zero attached hydrogens (tertiary/aromatic N) is 4. The van der Waals surface area contributed by atoms with E-state index in [1.54, 1.807) is 11.6 Å². The highest BCUT2D eigenvalue weighted by molar-refractivity contribution is 5.79. The lowest BCUT2D eigenvalue weighted by Gasteiger charge is -2.32. The SMILES string of the molecule is CCn1c([C@@H]2CCCN(C(=O)Cc3ccc(CO)cc3)C2)nn(C)c1=O. The van der Waals surface area contributed by atoms with E-state index >= 15 is 0 Å². The van der Waals surface area contributed by atoms with Crippen LogP contribution in [-0.4, -0.2) is 43.4 Å². The molecule has 1 fully saturated rings. The van der Waals surface area contributed by atoms with Gasteiger partial charge in [-0.1, -0.05) is 24.3 Å². The fraction of sp³-hybridized carbons (Fsp3) is 0.526. The van der Waals surface area contributed by atoms with Crippen LogP contribution in [0.5, 0.6) is 0 Å². The average Bonchev–Trinajstić information content (AvgIpc) is 2.96. The van der Waals surface area contributed by atoms with Crippen LogP contribution in [0.2, 0.25) is 0 Å². The number of carbonyl (C=O) groups excluding carboxylic acids is 1. The topological polar surface area (TPSA) is 80.4 Å². The van der Waals surface area contributed by atoms with Crippen LogP contribution in [0.15, 0.2) is 29.1 Å². The Labute approximate surface area is 152 Å². The van der Waals surface area contributed by atoms with Gasteiger partial charge < -0.3 is 10.0 Å². The van der Waals surface area contributed by atoms with E-state index in [2.05, 4.69) is 5.10 Å². The minimum Gasteiger partial charge on any atom is -0.392 e. The molecule has 1 amide bonds. The zero-order valence-electron chi connectivity index (χ0n) is 15.4. The molecule has 0 unspecified atom stereocenters. The zero-order valence-corrected chi connectivity index (χ0v) is 15.4. The molecule has 1 atom stereocenters. The second kappa shape index (κ2) is 7.86. The van der Waals surface area contributed by atoms with Crippen molar-refractivity contribution in [2.45, 2.75) is 45.3 Å². The molecule has 0 radical (unpaired) electrons. The van der Waals surface area contributed by atoms with Gasteiger partial charge in [-0.15, -0.1) is 0 Å². The Hall–Kier alpha value is -2.41. The van der Waals surface area contributed by atoms with Gasteiger partial charge in [-0.25, -0.2) is 9.48 Å². The number of hydrogen-bond donors (Lipinski definition) is 1. The number of aromatic nitrogens is 3. The van der Waals surface area contributed by atoms with Gasteiger partial charge in [0, 0.05) is 32.6 Å². The molecular formula is C19H26N4O3. The van der Waals surface area contributed by atoms with Crippen molar-refractivity contribution in [1.82, 2.24) is 19.2 Å². The number of carbonyl (C=O) groups is 1. The van der Waals surface area contributed by atoms with Gasteiger partial charge in [-0.3, -0.25) is 9.36 Å². The lowest BCUT2D eigenvalue weighted by atomic mass is 9.96. The first kappa shape index (κ1) is 18.4. The Morgan fingerprint density at radius 2 is 1.96 bits per heavy atom. The van der Waals surface area contributed by atoms with E-state index in [1.165, 1.54) is 4.68 Å². The monoisotopic (exact) mass is 358 g/mol. The third-order valence-corrected chi connectivity index (χ3v) is 5.05. The lowest BCUT2D eigenvalue weighted by Crippen LogP contribution is -2.40. The Morgan fingerprint density at radius 3 is 2.62 bits per heavy atom. The van der Waals surface area contributed by atoms with Crippen molar-refractivity contribution < 1.29 is 9.90 Å². The van der Waals surface area contributed by atoms with Gasteiger partial charge in [0.15, 0.2) is 0 Å². The molecule has 7 heteroatoms. The lowest BCUT2D eigenvalue weighted by molar-refractivity contribution is -0.131. The molecule has 3 rings (SSSR count). The minimum atomic E-state index is -0.102. The molecule has 26 heavy (non-hydrogen) atoms. The molecule has 1 N–H and O–H groups in total. The highest BCUT2D eigenvalue weighted by atomic mass is 16.3. The maximum Gasteiger partial charge on any atom is 0.345 e. The first-order valence-electron chi connectivity index (χ1n) is 9.13. The molecule has 0 bridgehead atoms. The predicted molar refractivity (Wildman–Crippen MR) is 97.8 cm³/mol. The Morgan fingerprint density at radius 1 is 1.27 bits per heavy atom. The standard InChI is InChI=1S/C19H26N4O3/c1-3-23-18(20-21(2)19(23)26)16-5-4-10-22(12-16)17(25)11-14-6-8-15(13-24)9-7-14/h6-9,16,24H,3-5,10-13H2,1-2H3/t16-/m1/s1. The van der Waals surface area contributed by atoms with E-state index in [0.717, 1.165) is 36.3 Å². The van der Waals surface area contributed by atoms with Crippen LogP contribution in [0.3, 0.4) is 0 Å². The zero-order chi connectivity index (χ0) is 18.7. The van der Waals surface area contributed by atoms with Gasteiger partial charge in [0.2, 0.25) is 5.91 Å². The summed E-state index contributed by atoms with van der Waals surface area (Å²) in [5, 5.41) is 13.5. The Kier molecular flexibility index (Phi) is 5.56. The molecule has 7 nitrogen and oxygen atoms in total. The maximum atomic E-state index is 12.7. The van der Waals surface area contributed by atoms with Crippen molar-refractivity contribution in [1.29, 1.82) is 0 Å². The Balaban J connectivity index is 1.70. The van der Waals surface area contributed by atoms with Crippen molar-refractivity contribution in [3.63, 3.8) is 0 Å². The van der Waals surface area contributed by atoms with Crippen LogP contribution in [0.4, 0.5) is 0 Å². The summed E-state index contributed by atoms with van der Waals surface area (Å²) >= 11 is 0. The van der Waals surface area contributed by atoms with Crippen molar-refractivity contribution in [3.05, 3.63) is 51.7 Å². The van der Waals surface area contributed by atoms with E-state index < -0.39 is 0 Å². The summed E-state index contributed by atoms with van der Waals surface area (Å²) in [5.41, 5.74) is 1.68. The Bertz CT molecular complexity index is 822. The number of hydrogen-bond acceptors (Lipinski definition) is 4. The largest absolute Gasteiger partial charge is 0.392 e. The molecule has 2 heterocycles. The number of benzene rings is 1. The van der Waals surface area contributed by atoms with Crippen LogP contribution in [0, 0.1) is 0 Å². The number of aliphatic hydroxyl groups is 1. The summed E-state index contributed by atoms with van der Waals surface area (Å²) in [6.45, 7) is 3.88. The van der Waals surface area contributed by atoms with E-state index in [-0.39, 0.29) is 24.1 Å². The molecule has 1 aromatic carbocycles. The van der Waals surface area contributed by atoms with Gasteiger partial charge >= 0.3 is 5.69 Å². The molecule has 140 valence electrons. The first-order valence-corrected chi connectivity index (χ1v) is 9.13. The fourth-order valence-corrected chi connectivity index (χ4v) is 3.59. The van der Waals surface area contributed by atoms with E-state index in [0.29, 0.717) is 19.5 Å². The van der Waals surface area contributed by atoms with Crippen molar-refractivity contribution in [2.24, 2.45) is 7.05 Å². The molecule has 0 saturated carbocycles. The summed E-state index contributed by atoms with van der Waals surface area (Å²) < 4.78 is 3.08. The molecule has 1 aromatic heterocycles. The number of piperidine rings is 1. The molecule has 1 aliphatic heterocycles. The van der Waals surface area contributed by atoms with Gasteiger partial charge in [0.05, 0.1) is 13.0 Å². The highest BCUT2D eigenvalue weighted by Crippen LogP contribution is 2.25. The van der Waals surface area contributed by atoms with Gasteiger partial charge in [0.1, 0.15) is 5.82 Å². The summed E-state index contributed by atoms with van der Waals surface area (Å²) in [6.07, 6.45) is 2.20. The fourth-order valence-electron chi connectivity index (χ4n) is 3.59. The number of aryl methyl sites for hydroxylation is 1. The second-order valence-corrected chi connectivity index (χ2v) is 6.84. The summed E-state index contributed by atoms with van der Waals surface area (Å²) in [6, 6.07) is 7.46. The molecule has 1 aliphatic rings. The van der Waals surface area contributed by atoms with Gasteiger partial charge in [-0.05, 0) is 30.9 Å². The molecular weight excluding hydrogens is 332 g/mol. The van der Waals surface area contributed by atoms with E-state index in [1.807, 2.05) is 36.1 Å². The van der Waals surface area contributed by atoms with Crippen LogP contribution >= 0.6 is 0 Å². The summed E-state index contributed by atoms with van der Waals surface area (Å²) in [5.74, 6) is 0.968. The molecule has 1 saturated heterocycles. The molecule has 0 aliphatic carbocycles. The summed E-state index contributed by atoms with van der Waals surface area (Å²) in [4.78, 5) is 26.7. The van der Waals surface area contributed by atoms with Crippen LogP contribution in [-0.2, 0) is 31.4 Å². The third-order valence-electron chi connectivity index (χ3n) is 5.05. The van der Waals surface area contributed by atoms with Crippen molar-refractivity contribution in [2.75, 3.05) is 13.1 Å². The van der Waals surface area contributed by atoms with Crippen molar-refractivity contribution in [3.8, 4) is 0 Å². The number of amides is 1. The number of likely N-dealkylation sites (tertiary alicyclic amines) is 1. The maximum absolute atomic E-state index is 12.7. The normalized spacial score (nSPS) is 17.5. The van der Waals surface area contributed by atoms with Crippen LogP contribution in [0.1, 0.15) is 42.6 Å². The quantitative estimate of drug-likeness (QED) is 0.866. The smallest absolute Gasteiger partial charge is 0.345 e. The van der Waals surface area contributed by atoms with Gasteiger partial charge in [-0.2, -0.15) is 5.10 Å². The third kappa shape index (κ3) is 3.72. The summed E-state index contributed by atoms with van der Waals surface area (Å²) in [7, 11) is 1.67. The van der Waals surface area contributed by atoms with Crippen molar-refractivity contribution >= 4 is 5.91 Å². The average molecular weight is 358 g/mol. The number of aliphatic hydroxyl groups excluding tert-OH is 1. The van der Waals surface area contributed by atoms with Crippen LogP contribution in [0.25, 0.3) is 0 Å². The highest BCUT2D eigenvalue weighted by Gasteiger charge is 2.28. The second-order valence-electron chi connectivity index (χ2n) is 6.84. The van der Waals surface area contributed by atoms with E-state index in [4.69, 9.17) is 5.11 Å². The minimum absolute atomic E-state index is 0.00520. The van der Waals surface area contributed by atoms with Crippen LogP contribution < -0.4 is 5.69 Å². The van der Waals surface area contributed by atoms with E-state index in [9.17, 15) is 9.59 Å².